The third-order valence-electron chi connectivity index (χ3n) is 2.73. The molecule has 2 N–H and O–H groups in total. The minimum atomic E-state index is 0. The number of hydrogen-bond donors (Lipinski definition) is 2. The van der Waals surface area contributed by atoms with Crippen LogP contribution in [0.2, 0.25) is 0 Å². The summed E-state index contributed by atoms with van der Waals surface area (Å²) in [5.41, 5.74) is 2.41. The summed E-state index contributed by atoms with van der Waals surface area (Å²) in [6, 6.07) is 8.34. The highest BCUT2D eigenvalue weighted by atomic mass is 35.5. The van der Waals surface area contributed by atoms with Crippen molar-refractivity contribution in [2.75, 3.05) is 20.1 Å². The first-order valence-electron chi connectivity index (χ1n) is 6.61. The number of amides is 1. The van der Waals surface area contributed by atoms with E-state index in [-0.39, 0.29) is 18.3 Å². The van der Waals surface area contributed by atoms with Crippen LogP contribution >= 0.6 is 12.4 Å². The lowest BCUT2D eigenvalue weighted by atomic mass is 10.0. The minimum Gasteiger partial charge on any atom is -0.355 e. The molecule has 4 heteroatoms. The van der Waals surface area contributed by atoms with Crippen molar-refractivity contribution in [3.05, 3.63) is 35.4 Å². The van der Waals surface area contributed by atoms with Crippen molar-refractivity contribution in [2.45, 2.75) is 26.7 Å². The van der Waals surface area contributed by atoms with Crippen LogP contribution in [0.3, 0.4) is 0 Å². The quantitative estimate of drug-likeness (QED) is 0.754. The van der Waals surface area contributed by atoms with Gasteiger partial charge in [-0.15, -0.1) is 12.4 Å². The molecular formula is C15H25ClN2O. The van der Waals surface area contributed by atoms with Crippen LogP contribution in [0.1, 0.15) is 25.0 Å². The van der Waals surface area contributed by atoms with Crippen LogP contribution in [-0.2, 0) is 17.6 Å². The second-order valence-electron chi connectivity index (χ2n) is 5.04. The summed E-state index contributed by atoms with van der Waals surface area (Å²) in [6.07, 6.45) is 1.56. The van der Waals surface area contributed by atoms with Crippen molar-refractivity contribution in [2.24, 2.45) is 5.92 Å². The standard InChI is InChI=1S/C15H24N2O.ClH/c1-12(2)10-13-4-6-14(7-5-13)11-15(18)17-9-8-16-3;/h4-7,12,16H,8-11H2,1-3H3,(H,17,18);1H. The molecule has 0 aromatic heterocycles. The van der Waals surface area contributed by atoms with Crippen molar-refractivity contribution in [1.82, 2.24) is 10.6 Å². The van der Waals surface area contributed by atoms with E-state index in [1.165, 1.54) is 5.56 Å². The number of carbonyl (C=O) groups excluding carboxylic acids is 1. The van der Waals surface area contributed by atoms with Gasteiger partial charge >= 0.3 is 0 Å². The van der Waals surface area contributed by atoms with E-state index in [9.17, 15) is 4.79 Å². The Bertz CT molecular complexity index is 363. The maximum absolute atomic E-state index is 11.6. The molecule has 3 nitrogen and oxygen atoms in total. The van der Waals surface area contributed by atoms with Gasteiger partial charge in [0.05, 0.1) is 6.42 Å². The minimum absolute atomic E-state index is 0. The lowest BCUT2D eigenvalue weighted by molar-refractivity contribution is -0.120. The number of halogens is 1. The van der Waals surface area contributed by atoms with Gasteiger partial charge in [-0.2, -0.15) is 0 Å². The van der Waals surface area contributed by atoms with Gasteiger partial charge in [-0.25, -0.2) is 0 Å². The normalized spacial score (nSPS) is 10.1. The zero-order valence-electron chi connectivity index (χ0n) is 12.0. The second-order valence-corrected chi connectivity index (χ2v) is 5.04. The highest BCUT2D eigenvalue weighted by Gasteiger charge is 2.03. The molecule has 1 aromatic rings. The predicted octanol–water partition coefficient (Wildman–Crippen LogP) is 2.19. The molecule has 19 heavy (non-hydrogen) atoms. The SMILES string of the molecule is CNCCNC(=O)Cc1ccc(CC(C)C)cc1.Cl. The Kier molecular flexibility index (Phi) is 9.27. The lowest BCUT2D eigenvalue weighted by Crippen LogP contribution is -2.31. The van der Waals surface area contributed by atoms with E-state index < -0.39 is 0 Å². The van der Waals surface area contributed by atoms with Crippen LogP contribution in [0.5, 0.6) is 0 Å². The zero-order chi connectivity index (χ0) is 13.4. The Hall–Kier alpha value is -1.06. The number of rotatable bonds is 7. The fourth-order valence-electron chi connectivity index (χ4n) is 1.84. The maximum atomic E-state index is 11.6. The molecule has 0 aliphatic carbocycles. The molecular weight excluding hydrogens is 260 g/mol. The molecule has 0 spiro atoms. The lowest BCUT2D eigenvalue weighted by Gasteiger charge is -2.07. The van der Waals surface area contributed by atoms with Gasteiger partial charge in [-0.05, 0) is 30.5 Å². The molecule has 0 fully saturated rings. The first-order valence-corrected chi connectivity index (χ1v) is 6.61. The number of carbonyl (C=O) groups is 1. The summed E-state index contributed by atoms with van der Waals surface area (Å²) in [5, 5.41) is 5.88. The average Bonchev–Trinajstić information content (AvgIpc) is 2.31. The molecule has 1 rings (SSSR count). The third-order valence-corrected chi connectivity index (χ3v) is 2.73. The third kappa shape index (κ3) is 7.85. The van der Waals surface area contributed by atoms with Crippen LogP contribution in [0, 0.1) is 5.92 Å². The maximum Gasteiger partial charge on any atom is 0.224 e. The summed E-state index contributed by atoms with van der Waals surface area (Å²) < 4.78 is 0. The fourth-order valence-corrected chi connectivity index (χ4v) is 1.84. The van der Waals surface area contributed by atoms with Gasteiger partial charge in [0.25, 0.3) is 0 Å². The Morgan fingerprint density at radius 1 is 1.11 bits per heavy atom. The summed E-state index contributed by atoms with van der Waals surface area (Å²) in [4.78, 5) is 11.6. The average molecular weight is 285 g/mol. The van der Waals surface area contributed by atoms with Gasteiger partial charge < -0.3 is 10.6 Å². The summed E-state index contributed by atoms with van der Waals surface area (Å²) in [6.45, 7) is 5.91. The van der Waals surface area contributed by atoms with E-state index in [1.54, 1.807) is 0 Å². The Morgan fingerprint density at radius 2 is 1.68 bits per heavy atom. The van der Waals surface area contributed by atoms with E-state index in [0.29, 0.717) is 18.9 Å². The zero-order valence-corrected chi connectivity index (χ0v) is 12.8. The summed E-state index contributed by atoms with van der Waals surface area (Å²) in [7, 11) is 1.87. The molecule has 0 aliphatic heterocycles. The highest BCUT2D eigenvalue weighted by molar-refractivity contribution is 5.85. The molecule has 1 aromatic carbocycles. The molecule has 1 amide bonds. The van der Waals surface area contributed by atoms with Crippen molar-refractivity contribution in [3.8, 4) is 0 Å². The summed E-state index contributed by atoms with van der Waals surface area (Å²) >= 11 is 0. The topological polar surface area (TPSA) is 41.1 Å². The van der Waals surface area contributed by atoms with Crippen LogP contribution in [-0.4, -0.2) is 26.0 Å². The van der Waals surface area contributed by atoms with Crippen LogP contribution in [0.15, 0.2) is 24.3 Å². The Balaban J connectivity index is 0.00000324. The van der Waals surface area contributed by atoms with Gasteiger partial charge in [0.2, 0.25) is 5.91 Å². The van der Waals surface area contributed by atoms with Crippen LogP contribution < -0.4 is 10.6 Å². The van der Waals surface area contributed by atoms with Crippen molar-refractivity contribution in [3.63, 3.8) is 0 Å². The van der Waals surface area contributed by atoms with Crippen molar-refractivity contribution in [1.29, 1.82) is 0 Å². The van der Waals surface area contributed by atoms with Crippen LogP contribution in [0.25, 0.3) is 0 Å². The molecule has 0 heterocycles. The highest BCUT2D eigenvalue weighted by Crippen LogP contribution is 2.10. The van der Waals surface area contributed by atoms with Gasteiger partial charge in [0.15, 0.2) is 0 Å². The smallest absolute Gasteiger partial charge is 0.224 e. The molecule has 0 radical (unpaired) electrons. The molecule has 0 saturated heterocycles. The number of benzene rings is 1. The molecule has 0 atom stereocenters. The second kappa shape index (κ2) is 9.82. The predicted molar refractivity (Wildman–Crippen MR) is 82.9 cm³/mol. The van der Waals surface area contributed by atoms with E-state index in [1.807, 2.05) is 7.05 Å². The molecule has 0 aliphatic rings. The molecule has 0 bridgehead atoms. The van der Waals surface area contributed by atoms with E-state index in [0.717, 1.165) is 18.5 Å². The first-order chi connectivity index (χ1) is 8.61. The van der Waals surface area contributed by atoms with Gasteiger partial charge in [0, 0.05) is 13.1 Å². The van der Waals surface area contributed by atoms with E-state index >= 15 is 0 Å². The molecule has 0 saturated carbocycles. The van der Waals surface area contributed by atoms with Gasteiger partial charge in [0.1, 0.15) is 0 Å². The summed E-state index contributed by atoms with van der Waals surface area (Å²) in [5.74, 6) is 0.752. The van der Waals surface area contributed by atoms with Crippen LogP contribution in [0.4, 0.5) is 0 Å². The Labute approximate surface area is 122 Å². The molecule has 0 unspecified atom stereocenters. The largest absolute Gasteiger partial charge is 0.355 e. The van der Waals surface area contributed by atoms with E-state index in [2.05, 4.69) is 48.7 Å². The number of nitrogens with one attached hydrogen (secondary N) is 2. The number of likely N-dealkylation sites (N-methyl/N-ethyl adjacent to an activating group) is 1. The number of hydrogen-bond acceptors (Lipinski definition) is 2. The van der Waals surface area contributed by atoms with Gasteiger partial charge in [-0.1, -0.05) is 38.1 Å². The molecule has 108 valence electrons. The van der Waals surface area contributed by atoms with Gasteiger partial charge in [-0.3, -0.25) is 4.79 Å². The van der Waals surface area contributed by atoms with Crippen molar-refractivity contribution < 1.29 is 4.79 Å². The van der Waals surface area contributed by atoms with E-state index in [4.69, 9.17) is 0 Å². The Morgan fingerprint density at radius 3 is 2.21 bits per heavy atom. The fraction of sp³-hybridized carbons (Fsp3) is 0.533. The first kappa shape index (κ1) is 17.9. The van der Waals surface area contributed by atoms with Crippen molar-refractivity contribution >= 4 is 18.3 Å². The monoisotopic (exact) mass is 284 g/mol.